The summed E-state index contributed by atoms with van der Waals surface area (Å²) in [6.07, 6.45) is 2.45. The Morgan fingerprint density at radius 2 is 2.43 bits per heavy atom. The Hall–Kier alpha value is -0.470. The van der Waals surface area contributed by atoms with Gasteiger partial charge in [-0.15, -0.1) is 23.7 Å². The lowest BCUT2D eigenvalue weighted by Gasteiger charge is -2.31. The van der Waals surface area contributed by atoms with Gasteiger partial charge in [-0.2, -0.15) is 4.98 Å². The third-order valence-electron chi connectivity index (χ3n) is 3.53. The molecule has 1 aliphatic rings. The van der Waals surface area contributed by atoms with E-state index in [9.17, 15) is 0 Å². The zero-order valence-corrected chi connectivity index (χ0v) is 14.9. The summed E-state index contributed by atoms with van der Waals surface area (Å²) in [6, 6.07) is 2.58. The van der Waals surface area contributed by atoms with E-state index < -0.39 is 0 Å². The van der Waals surface area contributed by atoms with Crippen molar-refractivity contribution >= 4 is 39.7 Å². The number of likely N-dealkylation sites (N-methyl/N-ethyl adjacent to an activating group) is 1. The molecule has 1 saturated heterocycles. The topological polar surface area (TPSA) is 54.2 Å². The van der Waals surface area contributed by atoms with Crippen molar-refractivity contribution in [1.29, 1.82) is 0 Å². The summed E-state index contributed by atoms with van der Waals surface area (Å²) in [7, 11) is 2.02. The maximum absolute atomic E-state index is 5.37. The van der Waals surface area contributed by atoms with Crippen molar-refractivity contribution in [2.24, 2.45) is 0 Å². The Balaban J connectivity index is 0.00000161. The minimum Gasteiger partial charge on any atom is -0.338 e. The lowest BCUT2D eigenvalue weighted by molar-refractivity contribution is 0.167. The molecule has 0 aliphatic carbocycles. The first-order valence-corrected chi connectivity index (χ1v) is 8.38. The van der Waals surface area contributed by atoms with Gasteiger partial charge < -0.3 is 9.84 Å². The summed E-state index contributed by atoms with van der Waals surface area (Å²) in [5.41, 5.74) is 0. The summed E-state index contributed by atoms with van der Waals surface area (Å²) >= 11 is 5.05. The molecule has 3 rings (SSSR count). The van der Waals surface area contributed by atoms with Gasteiger partial charge in [0.05, 0.1) is 11.4 Å². The van der Waals surface area contributed by atoms with Crippen LogP contribution >= 0.6 is 39.7 Å². The van der Waals surface area contributed by atoms with Crippen molar-refractivity contribution in [3.63, 3.8) is 0 Å². The SMILES string of the molecule is CNC1CCCN(Cc2nc(-c3cc(Br)cs3)no2)C1.Cl. The predicted molar refractivity (Wildman–Crippen MR) is 89.9 cm³/mol. The van der Waals surface area contributed by atoms with Gasteiger partial charge in [0.1, 0.15) is 0 Å². The average Bonchev–Trinajstić information content (AvgIpc) is 3.08. The van der Waals surface area contributed by atoms with Crippen LogP contribution in [-0.4, -0.2) is 41.2 Å². The molecular weight excluding hydrogens is 376 g/mol. The second-order valence-corrected chi connectivity index (χ2v) is 6.83. The molecule has 8 heteroatoms. The van der Waals surface area contributed by atoms with E-state index in [0.29, 0.717) is 17.8 Å². The highest BCUT2D eigenvalue weighted by Crippen LogP contribution is 2.27. The molecule has 5 nitrogen and oxygen atoms in total. The van der Waals surface area contributed by atoms with Gasteiger partial charge in [-0.3, -0.25) is 4.90 Å². The van der Waals surface area contributed by atoms with Crippen molar-refractivity contribution in [2.75, 3.05) is 20.1 Å². The van der Waals surface area contributed by atoms with Gasteiger partial charge in [0.15, 0.2) is 0 Å². The second-order valence-electron chi connectivity index (χ2n) is 5.00. The number of hydrogen-bond donors (Lipinski definition) is 1. The monoisotopic (exact) mass is 392 g/mol. The third-order valence-corrected chi connectivity index (χ3v) is 5.22. The molecule has 116 valence electrons. The van der Waals surface area contributed by atoms with E-state index >= 15 is 0 Å². The molecule has 0 saturated carbocycles. The zero-order chi connectivity index (χ0) is 13.9. The van der Waals surface area contributed by atoms with Gasteiger partial charge in [-0.25, -0.2) is 0 Å². The number of likely N-dealkylation sites (tertiary alicyclic amines) is 1. The number of rotatable bonds is 4. The molecule has 3 heterocycles. The quantitative estimate of drug-likeness (QED) is 0.864. The Morgan fingerprint density at radius 1 is 1.57 bits per heavy atom. The number of piperidine rings is 1. The number of hydrogen-bond acceptors (Lipinski definition) is 6. The van der Waals surface area contributed by atoms with Gasteiger partial charge in [-0.05, 0) is 48.4 Å². The van der Waals surface area contributed by atoms with Crippen molar-refractivity contribution in [3.8, 4) is 10.7 Å². The second kappa shape index (κ2) is 7.69. The highest BCUT2D eigenvalue weighted by atomic mass is 79.9. The molecule has 0 amide bonds. The fourth-order valence-corrected chi connectivity index (χ4v) is 3.83. The summed E-state index contributed by atoms with van der Waals surface area (Å²) in [4.78, 5) is 7.88. The van der Waals surface area contributed by atoms with Crippen LogP contribution in [0.2, 0.25) is 0 Å². The van der Waals surface area contributed by atoms with E-state index in [2.05, 4.69) is 36.3 Å². The number of halogens is 2. The largest absolute Gasteiger partial charge is 0.338 e. The molecule has 1 N–H and O–H groups in total. The van der Waals surface area contributed by atoms with Gasteiger partial charge in [0, 0.05) is 22.4 Å². The maximum Gasteiger partial charge on any atom is 0.241 e. The number of nitrogens with zero attached hydrogens (tertiary/aromatic N) is 3. The van der Waals surface area contributed by atoms with E-state index in [1.807, 2.05) is 18.5 Å². The van der Waals surface area contributed by atoms with Crippen molar-refractivity contribution in [2.45, 2.75) is 25.4 Å². The van der Waals surface area contributed by atoms with E-state index in [1.165, 1.54) is 12.8 Å². The van der Waals surface area contributed by atoms with Crippen molar-refractivity contribution < 1.29 is 4.52 Å². The van der Waals surface area contributed by atoms with Gasteiger partial charge in [-0.1, -0.05) is 5.16 Å². The van der Waals surface area contributed by atoms with Crippen LogP contribution in [0.1, 0.15) is 18.7 Å². The van der Waals surface area contributed by atoms with Gasteiger partial charge in [0.25, 0.3) is 0 Å². The standard InChI is InChI=1S/C13H17BrN4OS.ClH/c1-15-10-3-2-4-18(6-10)7-12-16-13(17-19-12)11-5-9(14)8-20-11;/h5,8,10,15H,2-4,6-7H2,1H3;1H. The van der Waals surface area contributed by atoms with Crippen LogP contribution in [0.15, 0.2) is 20.4 Å². The summed E-state index contributed by atoms with van der Waals surface area (Å²) in [5, 5.41) is 9.43. The van der Waals surface area contributed by atoms with Crippen LogP contribution in [0.5, 0.6) is 0 Å². The molecule has 21 heavy (non-hydrogen) atoms. The summed E-state index contributed by atoms with van der Waals surface area (Å²) in [5.74, 6) is 1.37. The van der Waals surface area contributed by atoms with Gasteiger partial charge >= 0.3 is 0 Å². The zero-order valence-electron chi connectivity index (χ0n) is 11.7. The van der Waals surface area contributed by atoms with Crippen molar-refractivity contribution in [1.82, 2.24) is 20.4 Å². The van der Waals surface area contributed by atoms with E-state index in [-0.39, 0.29) is 12.4 Å². The maximum atomic E-state index is 5.37. The lowest BCUT2D eigenvalue weighted by Crippen LogP contribution is -2.43. The van der Waals surface area contributed by atoms with E-state index in [1.54, 1.807) is 11.3 Å². The molecule has 1 atom stereocenters. The van der Waals surface area contributed by atoms with Crippen molar-refractivity contribution in [3.05, 3.63) is 21.8 Å². The third kappa shape index (κ3) is 4.26. The van der Waals surface area contributed by atoms with Crippen LogP contribution in [0.25, 0.3) is 10.7 Å². The molecule has 0 bridgehead atoms. The van der Waals surface area contributed by atoms with E-state index in [4.69, 9.17) is 4.52 Å². The Bertz CT molecular complexity index is 576. The molecular formula is C13H18BrClN4OS. The predicted octanol–water partition coefficient (Wildman–Crippen LogP) is 3.17. The minimum absolute atomic E-state index is 0. The molecule has 1 fully saturated rings. The Morgan fingerprint density at radius 3 is 3.14 bits per heavy atom. The first-order chi connectivity index (χ1) is 9.74. The molecule has 0 radical (unpaired) electrons. The highest BCUT2D eigenvalue weighted by molar-refractivity contribution is 9.10. The average molecular weight is 394 g/mol. The van der Waals surface area contributed by atoms with E-state index in [0.717, 1.165) is 29.0 Å². The fraction of sp³-hybridized carbons (Fsp3) is 0.538. The molecule has 2 aromatic rings. The molecule has 0 aromatic carbocycles. The number of nitrogens with one attached hydrogen (secondary N) is 1. The van der Waals surface area contributed by atoms with Gasteiger partial charge in [0.2, 0.25) is 11.7 Å². The minimum atomic E-state index is 0. The summed E-state index contributed by atoms with van der Waals surface area (Å²) in [6.45, 7) is 2.87. The molecule has 1 aliphatic heterocycles. The van der Waals surface area contributed by atoms with Crippen LogP contribution in [0, 0.1) is 0 Å². The van der Waals surface area contributed by atoms with Crippen LogP contribution < -0.4 is 5.32 Å². The van der Waals surface area contributed by atoms with Crippen LogP contribution in [0.3, 0.4) is 0 Å². The molecule has 2 aromatic heterocycles. The molecule has 1 unspecified atom stereocenters. The lowest BCUT2D eigenvalue weighted by atomic mass is 10.1. The first kappa shape index (κ1) is 16.9. The fourth-order valence-electron chi connectivity index (χ4n) is 2.48. The Labute approximate surface area is 142 Å². The smallest absolute Gasteiger partial charge is 0.241 e. The van der Waals surface area contributed by atoms with Crippen LogP contribution in [-0.2, 0) is 6.54 Å². The number of thiophene rings is 1. The molecule has 0 spiro atoms. The normalized spacial score (nSPS) is 19.4. The van der Waals surface area contributed by atoms with Crippen LogP contribution in [0.4, 0.5) is 0 Å². The Kier molecular flexibility index (Phi) is 6.19. The summed E-state index contributed by atoms with van der Waals surface area (Å²) < 4.78 is 6.42. The first-order valence-electron chi connectivity index (χ1n) is 6.71. The number of aromatic nitrogens is 2. The highest BCUT2D eigenvalue weighted by Gasteiger charge is 2.20.